The summed E-state index contributed by atoms with van der Waals surface area (Å²) < 4.78 is 19.3. The molecular formula is C30H23FN4O3. The molecule has 188 valence electrons. The van der Waals surface area contributed by atoms with E-state index in [2.05, 4.69) is 32.1 Å². The Kier molecular flexibility index (Phi) is 6.74. The smallest absolute Gasteiger partial charge is 0.270 e. The number of carbonyl (C=O) groups excluding carboxylic acids is 1. The predicted octanol–water partition coefficient (Wildman–Crippen LogP) is 5.04. The molecule has 3 heterocycles. The minimum Gasteiger partial charge on any atom is -0.508 e. The van der Waals surface area contributed by atoms with E-state index in [0.29, 0.717) is 28.4 Å². The third-order valence-electron chi connectivity index (χ3n) is 5.92. The topological polar surface area (TPSA) is 100 Å². The van der Waals surface area contributed by atoms with Gasteiger partial charge in [0.2, 0.25) is 5.88 Å². The van der Waals surface area contributed by atoms with Crippen LogP contribution in [0.4, 0.5) is 4.39 Å². The van der Waals surface area contributed by atoms with Gasteiger partial charge in [-0.2, -0.15) is 0 Å². The van der Waals surface area contributed by atoms with Crippen LogP contribution in [0.15, 0.2) is 79.0 Å². The Labute approximate surface area is 218 Å². The summed E-state index contributed by atoms with van der Waals surface area (Å²) in [5, 5.41) is 14.4. The summed E-state index contributed by atoms with van der Waals surface area (Å²) in [7, 11) is 1.54. The molecule has 8 heteroatoms. The van der Waals surface area contributed by atoms with Gasteiger partial charge < -0.3 is 20.1 Å². The molecule has 3 N–H and O–H groups in total. The molecule has 0 radical (unpaired) electrons. The monoisotopic (exact) mass is 506 g/mol. The van der Waals surface area contributed by atoms with E-state index in [-0.39, 0.29) is 17.0 Å². The standard InChI is InChI=1S/C30H23FN4O3/c1-18-13-20(8-7-19-9-12-28(38-2)32-17-19)14-26(33-18)30(37)35-29(23-16-22(31)10-11-27(23)36)25-15-21-5-3-4-6-24(21)34-25/h3-6,9-17,29,34,36H,1-2H3,(H,35,37). The highest BCUT2D eigenvalue weighted by molar-refractivity contribution is 5.93. The van der Waals surface area contributed by atoms with Crippen molar-refractivity contribution in [2.45, 2.75) is 13.0 Å². The van der Waals surface area contributed by atoms with Gasteiger partial charge in [0.15, 0.2) is 0 Å². The van der Waals surface area contributed by atoms with Crippen molar-refractivity contribution in [2.24, 2.45) is 0 Å². The summed E-state index contributed by atoms with van der Waals surface area (Å²) in [4.78, 5) is 25.2. The van der Waals surface area contributed by atoms with E-state index in [9.17, 15) is 14.3 Å². The van der Waals surface area contributed by atoms with E-state index in [1.54, 1.807) is 44.5 Å². The molecule has 0 spiro atoms. The van der Waals surface area contributed by atoms with Gasteiger partial charge in [-0.25, -0.2) is 14.4 Å². The summed E-state index contributed by atoms with van der Waals surface area (Å²) >= 11 is 0. The molecule has 0 bridgehead atoms. The molecule has 5 aromatic rings. The minimum absolute atomic E-state index is 0.138. The first-order valence-corrected chi connectivity index (χ1v) is 11.8. The number of fused-ring (bicyclic) bond motifs is 1. The maximum absolute atomic E-state index is 14.2. The molecule has 3 aromatic heterocycles. The zero-order chi connectivity index (χ0) is 26.6. The fourth-order valence-electron chi connectivity index (χ4n) is 4.11. The van der Waals surface area contributed by atoms with Gasteiger partial charge in [-0.1, -0.05) is 30.0 Å². The molecule has 0 saturated heterocycles. The van der Waals surface area contributed by atoms with Crippen molar-refractivity contribution < 1.29 is 19.0 Å². The second-order valence-corrected chi connectivity index (χ2v) is 8.64. The average Bonchev–Trinajstić information content (AvgIpc) is 3.36. The van der Waals surface area contributed by atoms with Crippen molar-refractivity contribution in [1.29, 1.82) is 0 Å². The van der Waals surface area contributed by atoms with Crippen LogP contribution in [0.1, 0.15) is 44.6 Å². The molecule has 1 amide bonds. The number of methoxy groups -OCH3 is 1. The lowest BCUT2D eigenvalue weighted by Crippen LogP contribution is -2.30. The van der Waals surface area contributed by atoms with Gasteiger partial charge in [0.05, 0.1) is 13.2 Å². The number of hydrogen-bond donors (Lipinski definition) is 3. The molecule has 5 rings (SSSR count). The Hall–Kier alpha value is -5.16. The Morgan fingerprint density at radius 3 is 2.63 bits per heavy atom. The van der Waals surface area contributed by atoms with Crippen LogP contribution in [0, 0.1) is 24.6 Å². The van der Waals surface area contributed by atoms with Gasteiger partial charge in [-0.05, 0) is 60.8 Å². The lowest BCUT2D eigenvalue weighted by molar-refractivity contribution is 0.0936. The Morgan fingerprint density at radius 1 is 1.05 bits per heavy atom. The first-order chi connectivity index (χ1) is 18.4. The summed E-state index contributed by atoms with van der Waals surface area (Å²) in [6.07, 6.45) is 1.60. The summed E-state index contributed by atoms with van der Waals surface area (Å²) in [6, 6.07) is 19.1. The highest BCUT2D eigenvalue weighted by Crippen LogP contribution is 2.31. The third-order valence-corrected chi connectivity index (χ3v) is 5.92. The quantitative estimate of drug-likeness (QED) is 0.290. The number of ether oxygens (including phenoxy) is 1. The fraction of sp³-hybridized carbons (Fsp3) is 0.100. The zero-order valence-corrected chi connectivity index (χ0v) is 20.6. The van der Waals surface area contributed by atoms with Gasteiger partial charge >= 0.3 is 0 Å². The number of hydrogen-bond acceptors (Lipinski definition) is 5. The number of aromatic amines is 1. The Morgan fingerprint density at radius 2 is 1.87 bits per heavy atom. The van der Waals surface area contributed by atoms with Gasteiger partial charge in [0.1, 0.15) is 17.3 Å². The number of nitrogens with one attached hydrogen (secondary N) is 2. The molecule has 7 nitrogen and oxygen atoms in total. The van der Waals surface area contributed by atoms with E-state index in [0.717, 1.165) is 17.0 Å². The van der Waals surface area contributed by atoms with E-state index in [1.165, 1.54) is 12.1 Å². The number of carbonyl (C=O) groups is 1. The number of para-hydroxylation sites is 1. The number of H-pyrrole nitrogens is 1. The van der Waals surface area contributed by atoms with Crippen molar-refractivity contribution in [1.82, 2.24) is 20.3 Å². The van der Waals surface area contributed by atoms with Crippen LogP contribution in [-0.2, 0) is 0 Å². The number of benzene rings is 2. The van der Waals surface area contributed by atoms with Crippen LogP contribution in [0.3, 0.4) is 0 Å². The van der Waals surface area contributed by atoms with Crippen molar-refractivity contribution in [3.05, 3.63) is 119 Å². The summed E-state index contributed by atoms with van der Waals surface area (Å²) in [6.45, 7) is 1.77. The molecule has 0 aliphatic rings. The number of aromatic hydroxyl groups is 1. The number of nitrogens with zero attached hydrogens (tertiary/aromatic N) is 2. The maximum atomic E-state index is 14.2. The van der Waals surface area contributed by atoms with Crippen LogP contribution in [-0.4, -0.2) is 33.1 Å². The van der Waals surface area contributed by atoms with Crippen molar-refractivity contribution in [3.63, 3.8) is 0 Å². The third kappa shape index (κ3) is 5.32. The molecule has 2 aromatic carbocycles. The normalized spacial score (nSPS) is 11.4. The predicted molar refractivity (Wildman–Crippen MR) is 141 cm³/mol. The van der Waals surface area contributed by atoms with E-state index in [1.807, 2.05) is 30.3 Å². The molecule has 0 saturated carbocycles. The number of amides is 1. The number of aryl methyl sites for hydroxylation is 1. The summed E-state index contributed by atoms with van der Waals surface area (Å²) in [5.74, 6) is 5.36. The molecule has 0 aliphatic heterocycles. The number of pyridine rings is 2. The number of halogens is 1. The molecule has 1 unspecified atom stereocenters. The fourth-order valence-corrected chi connectivity index (χ4v) is 4.11. The maximum Gasteiger partial charge on any atom is 0.270 e. The van der Waals surface area contributed by atoms with Crippen molar-refractivity contribution >= 4 is 16.8 Å². The number of rotatable bonds is 5. The number of phenols is 1. The lowest BCUT2D eigenvalue weighted by Gasteiger charge is -2.19. The van der Waals surface area contributed by atoms with Crippen LogP contribution in [0.2, 0.25) is 0 Å². The zero-order valence-electron chi connectivity index (χ0n) is 20.6. The molecule has 0 aliphatic carbocycles. The molecule has 1 atom stereocenters. The van der Waals surface area contributed by atoms with Crippen LogP contribution in [0.5, 0.6) is 11.6 Å². The van der Waals surface area contributed by atoms with Gasteiger partial charge in [0.25, 0.3) is 5.91 Å². The Balaban J connectivity index is 1.48. The van der Waals surface area contributed by atoms with Gasteiger partial charge in [-0.3, -0.25) is 4.79 Å². The summed E-state index contributed by atoms with van der Waals surface area (Å²) in [5.41, 5.74) is 3.66. The van der Waals surface area contributed by atoms with Crippen molar-refractivity contribution in [2.75, 3.05) is 7.11 Å². The second-order valence-electron chi connectivity index (χ2n) is 8.64. The highest BCUT2D eigenvalue weighted by atomic mass is 19.1. The first-order valence-electron chi connectivity index (χ1n) is 11.8. The SMILES string of the molecule is COc1ccc(C#Cc2cc(C)nc(C(=O)NC(c3cc4ccccc4[nH]3)c3cc(F)ccc3O)c2)cn1. The van der Waals surface area contributed by atoms with E-state index >= 15 is 0 Å². The Bertz CT molecular complexity index is 1670. The van der Waals surface area contributed by atoms with E-state index < -0.39 is 17.8 Å². The second kappa shape index (κ2) is 10.4. The number of aromatic nitrogens is 3. The van der Waals surface area contributed by atoms with Crippen molar-refractivity contribution in [3.8, 4) is 23.5 Å². The lowest BCUT2D eigenvalue weighted by atomic mass is 10.0. The van der Waals surface area contributed by atoms with Gasteiger partial charge in [-0.15, -0.1) is 0 Å². The molecule has 0 fully saturated rings. The molecular weight excluding hydrogens is 483 g/mol. The minimum atomic E-state index is -0.868. The largest absolute Gasteiger partial charge is 0.508 e. The van der Waals surface area contributed by atoms with E-state index in [4.69, 9.17) is 4.74 Å². The van der Waals surface area contributed by atoms with Gasteiger partial charge in [0, 0.05) is 45.9 Å². The first kappa shape index (κ1) is 24.5. The average molecular weight is 507 g/mol. The van der Waals surface area contributed by atoms with Crippen LogP contribution >= 0.6 is 0 Å². The number of phenolic OH excluding ortho intramolecular Hbond substituents is 1. The van der Waals surface area contributed by atoms with Crippen LogP contribution < -0.4 is 10.1 Å². The molecule has 38 heavy (non-hydrogen) atoms. The highest BCUT2D eigenvalue weighted by Gasteiger charge is 2.24. The van der Waals surface area contributed by atoms with Crippen LogP contribution in [0.25, 0.3) is 10.9 Å².